The summed E-state index contributed by atoms with van der Waals surface area (Å²) in [5, 5.41) is 4.27. The van der Waals surface area contributed by atoms with Gasteiger partial charge in [0.2, 0.25) is 0 Å². The highest BCUT2D eigenvalue weighted by atomic mass is 15.3. The van der Waals surface area contributed by atoms with Crippen molar-refractivity contribution in [1.29, 1.82) is 0 Å². The lowest BCUT2D eigenvalue weighted by atomic mass is 10.2. The van der Waals surface area contributed by atoms with Crippen LogP contribution in [-0.4, -0.2) is 15.8 Å². The number of hydrogen-bond donors (Lipinski definition) is 1. The van der Waals surface area contributed by atoms with Crippen molar-refractivity contribution in [1.82, 2.24) is 9.78 Å². The van der Waals surface area contributed by atoms with Crippen LogP contribution in [0.25, 0.3) is 0 Å². The van der Waals surface area contributed by atoms with E-state index in [2.05, 4.69) is 29.7 Å². The summed E-state index contributed by atoms with van der Waals surface area (Å²) in [4.78, 5) is 0. The van der Waals surface area contributed by atoms with Crippen molar-refractivity contribution >= 4 is 0 Å². The number of aromatic nitrogens is 2. The molecule has 1 aromatic heterocycles. The maximum absolute atomic E-state index is 5.79. The standard InChI is InChI=1S/C9H15N3/c1-6(2)12-9(3-4-11-12)7-5-8(7)10/h3-4,6-8H,5,10H2,1-2H3. The molecule has 1 aromatic rings. The van der Waals surface area contributed by atoms with Gasteiger partial charge in [0.05, 0.1) is 0 Å². The van der Waals surface area contributed by atoms with Crippen molar-refractivity contribution in [2.24, 2.45) is 5.73 Å². The molecule has 0 amide bonds. The van der Waals surface area contributed by atoms with Crippen molar-refractivity contribution < 1.29 is 0 Å². The zero-order chi connectivity index (χ0) is 8.72. The smallest absolute Gasteiger partial charge is 0.0492 e. The van der Waals surface area contributed by atoms with Gasteiger partial charge in [-0.1, -0.05) is 0 Å². The third kappa shape index (κ3) is 1.14. The van der Waals surface area contributed by atoms with Crippen LogP contribution in [0.4, 0.5) is 0 Å². The minimum absolute atomic E-state index is 0.374. The van der Waals surface area contributed by atoms with Gasteiger partial charge in [-0.2, -0.15) is 5.10 Å². The minimum atomic E-state index is 0.374. The topological polar surface area (TPSA) is 43.8 Å². The number of hydrogen-bond acceptors (Lipinski definition) is 2. The summed E-state index contributed by atoms with van der Waals surface area (Å²) in [5.74, 6) is 0.565. The fourth-order valence-corrected chi connectivity index (χ4v) is 1.60. The molecule has 2 rings (SSSR count). The monoisotopic (exact) mass is 165 g/mol. The first-order valence-corrected chi connectivity index (χ1v) is 4.49. The van der Waals surface area contributed by atoms with Crippen molar-refractivity contribution in [3.8, 4) is 0 Å². The van der Waals surface area contributed by atoms with Gasteiger partial charge in [-0.3, -0.25) is 4.68 Å². The summed E-state index contributed by atoms with van der Waals surface area (Å²) in [6.07, 6.45) is 2.98. The molecule has 0 saturated heterocycles. The predicted octanol–water partition coefficient (Wildman–Crippen LogP) is 1.28. The van der Waals surface area contributed by atoms with E-state index in [1.807, 2.05) is 6.20 Å². The van der Waals surface area contributed by atoms with E-state index in [-0.39, 0.29) is 0 Å². The van der Waals surface area contributed by atoms with E-state index in [1.54, 1.807) is 0 Å². The lowest BCUT2D eigenvalue weighted by Gasteiger charge is -2.09. The van der Waals surface area contributed by atoms with Crippen molar-refractivity contribution in [3.05, 3.63) is 18.0 Å². The molecule has 12 heavy (non-hydrogen) atoms. The SMILES string of the molecule is CC(C)n1nccc1C1CC1N. The Morgan fingerprint density at radius 2 is 2.33 bits per heavy atom. The van der Waals surface area contributed by atoms with Gasteiger partial charge in [-0.25, -0.2) is 0 Å². The molecule has 1 saturated carbocycles. The van der Waals surface area contributed by atoms with E-state index in [1.165, 1.54) is 5.69 Å². The first-order valence-electron chi connectivity index (χ1n) is 4.49. The summed E-state index contributed by atoms with van der Waals surface area (Å²) in [6.45, 7) is 4.29. The molecule has 3 heteroatoms. The Labute approximate surface area is 72.6 Å². The van der Waals surface area contributed by atoms with E-state index in [0.717, 1.165) is 6.42 Å². The molecule has 2 atom stereocenters. The van der Waals surface area contributed by atoms with Gasteiger partial charge in [0.25, 0.3) is 0 Å². The van der Waals surface area contributed by atoms with Gasteiger partial charge in [-0.05, 0) is 26.3 Å². The first kappa shape index (κ1) is 7.80. The molecule has 3 nitrogen and oxygen atoms in total. The second-order valence-electron chi connectivity index (χ2n) is 3.80. The maximum Gasteiger partial charge on any atom is 0.0492 e. The molecule has 0 aliphatic heterocycles. The number of nitrogens with zero attached hydrogens (tertiary/aromatic N) is 2. The summed E-state index contributed by atoms with van der Waals surface area (Å²) in [7, 11) is 0. The Morgan fingerprint density at radius 3 is 2.83 bits per heavy atom. The summed E-state index contributed by atoms with van der Waals surface area (Å²) >= 11 is 0. The molecular weight excluding hydrogens is 150 g/mol. The Morgan fingerprint density at radius 1 is 1.67 bits per heavy atom. The highest BCUT2D eigenvalue weighted by Crippen LogP contribution is 2.39. The molecule has 1 aliphatic rings. The van der Waals surface area contributed by atoms with Gasteiger partial charge >= 0.3 is 0 Å². The highest BCUT2D eigenvalue weighted by molar-refractivity contribution is 5.20. The molecule has 1 fully saturated rings. The van der Waals surface area contributed by atoms with E-state index in [4.69, 9.17) is 5.73 Å². The zero-order valence-electron chi connectivity index (χ0n) is 7.57. The molecular formula is C9H15N3. The van der Waals surface area contributed by atoms with Crippen molar-refractivity contribution in [2.45, 2.75) is 38.3 Å². The number of nitrogens with two attached hydrogens (primary N) is 1. The van der Waals surface area contributed by atoms with Crippen LogP contribution in [0.5, 0.6) is 0 Å². The van der Waals surface area contributed by atoms with Crippen LogP contribution in [0.15, 0.2) is 12.3 Å². The lowest BCUT2D eigenvalue weighted by Crippen LogP contribution is -2.09. The predicted molar refractivity (Wildman–Crippen MR) is 47.9 cm³/mol. The van der Waals surface area contributed by atoms with Gasteiger partial charge in [0.1, 0.15) is 0 Å². The van der Waals surface area contributed by atoms with Crippen LogP contribution in [-0.2, 0) is 0 Å². The third-order valence-corrected chi connectivity index (χ3v) is 2.41. The van der Waals surface area contributed by atoms with Gasteiger partial charge in [0, 0.05) is 29.9 Å². The van der Waals surface area contributed by atoms with E-state index in [0.29, 0.717) is 18.0 Å². The van der Waals surface area contributed by atoms with E-state index in [9.17, 15) is 0 Å². The fraction of sp³-hybridized carbons (Fsp3) is 0.667. The summed E-state index contributed by atoms with van der Waals surface area (Å²) < 4.78 is 2.07. The normalized spacial score (nSPS) is 28.0. The van der Waals surface area contributed by atoms with E-state index < -0.39 is 0 Å². The summed E-state index contributed by atoms with van der Waals surface area (Å²) in [5.41, 5.74) is 7.09. The van der Waals surface area contributed by atoms with Gasteiger partial charge in [0.15, 0.2) is 0 Å². The first-order chi connectivity index (χ1) is 5.70. The van der Waals surface area contributed by atoms with Crippen LogP contribution < -0.4 is 5.73 Å². The minimum Gasteiger partial charge on any atom is -0.327 e. The van der Waals surface area contributed by atoms with Crippen molar-refractivity contribution in [3.63, 3.8) is 0 Å². The third-order valence-electron chi connectivity index (χ3n) is 2.41. The highest BCUT2D eigenvalue weighted by Gasteiger charge is 2.37. The molecule has 2 N–H and O–H groups in total. The quantitative estimate of drug-likeness (QED) is 0.717. The largest absolute Gasteiger partial charge is 0.327 e. The Hall–Kier alpha value is -0.830. The van der Waals surface area contributed by atoms with Crippen LogP contribution >= 0.6 is 0 Å². The molecule has 0 spiro atoms. The summed E-state index contributed by atoms with van der Waals surface area (Å²) in [6, 6.07) is 2.90. The van der Waals surface area contributed by atoms with E-state index >= 15 is 0 Å². The average molecular weight is 165 g/mol. The second-order valence-corrected chi connectivity index (χ2v) is 3.80. The molecule has 1 heterocycles. The van der Waals surface area contributed by atoms with Crippen LogP contribution in [0.2, 0.25) is 0 Å². The lowest BCUT2D eigenvalue weighted by molar-refractivity contribution is 0.508. The molecule has 2 unspecified atom stereocenters. The Balaban J connectivity index is 2.25. The van der Waals surface area contributed by atoms with Crippen molar-refractivity contribution in [2.75, 3.05) is 0 Å². The second kappa shape index (κ2) is 2.59. The molecule has 0 aromatic carbocycles. The van der Waals surface area contributed by atoms with Crippen LogP contribution in [0.1, 0.15) is 37.9 Å². The van der Waals surface area contributed by atoms with Crippen LogP contribution in [0.3, 0.4) is 0 Å². The molecule has 66 valence electrons. The fourth-order valence-electron chi connectivity index (χ4n) is 1.60. The van der Waals surface area contributed by atoms with Crippen LogP contribution in [0, 0.1) is 0 Å². The Kier molecular flexibility index (Phi) is 1.68. The maximum atomic E-state index is 5.79. The Bertz CT molecular complexity index is 277. The molecule has 1 aliphatic carbocycles. The number of rotatable bonds is 2. The molecule has 0 bridgehead atoms. The molecule has 0 radical (unpaired) electrons. The van der Waals surface area contributed by atoms with Gasteiger partial charge < -0.3 is 5.73 Å². The van der Waals surface area contributed by atoms with Gasteiger partial charge in [-0.15, -0.1) is 0 Å². The average Bonchev–Trinajstić information content (AvgIpc) is 2.58. The zero-order valence-corrected chi connectivity index (χ0v) is 7.57.